The number of fused-ring (bicyclic) bond motifs is 1. The number of urea groups is 1. The van der Waals surface area contributed by atoms with E-state index >= 15 is 0 Å². The molecule has 190 valence electrons. The van der Waals surface area contributed by atoms with E-state index in [9.17, 15) is 14.4 Å². The molecule has 0 unspecified atom stereocenters. The Morgan fingerprint density at radius 1 is 1.21 bits per heavy atom. The largest absolute Gasteiger partial charge is 0.491 e. The molecular formula is C24H38N4O6. The number of hydrogen-bond acceptors (Lipinski definition) is 6. The predicted octanol–water partition coefficient (Wildman–Crippen LogP) is 2.20. The molecule has 34 heavy (non-hydrogen) atoms. The minimum absolute atomic E-state index is 0.0247. The smallest absolute Gasteiger partial charge is 0.319 e. The Morgan fingerprint density at radius 3 is 2.53 bits per heavy atom. The Labute approximate surface area is 201 Å². The van der Waals surface area contributed by atoms with Crippen LogP contribution in [0.15, 0.2) is 18.2 Å². The molecule has 0 radical (unpaired) electrons. The van der Waals surface area contributed by atoms with Gasteiger partial charge in [0.15, 0.2) is 0 Å². The van der Waals surface area contributed by atoms with Gasteiger partial charge in [-0.3, -0.25) is 9.59 Å². The number of benzene rings is 1. The number of carbonyl (C=O) groups excluding carboxylic acids is 3. The molecule has 3 atom stereocenters. The molecule has 10 nitrogen and oxygen atoms in total. The number of likely N-dealkylation sites (N-methyl/N-ethyl adjacent to an activating group) is 1. The molecule has 0 spiro atoms. The summed E-state index contributed by atoms with van der Waals surface area (Å²) in [5, 5.41) is 5.52. The van der Waals surface area contributed by atoms with Crippen LogP contribution in [0.3, 0.4) is 0 Å². The van der Waals surface area contributed by atoms with E-state index in [0.29, 0.717) is 30.1 Å². The summed E-state index contributed by atoms with van der Waals surface area (Å²) in [4.78, 5) is 41.5. The number of rotatable bonds is 5. The third-order valence-corrected chi connectivity index (χ3v) is 5.71. The van der Waals surface area contributed by atoms with Gasteiger partial charge in [0.25, 0.3) is 5.91 Å². The zero-order chi connectivity index (χ0) is 25.4. The lowest BCUT2D eigenvalue weighted by Gasteiger charge is -2.36. The first-order chi connectivity index (χ1) is 16.1. The average Bonchev–Trinajstić information content (AvgIpc) is 2.77. The van der Waals surface area contributed by atoms with Crippen molar-refractivity contribution in [1.29, 1.82) is 0 Å². The molecule has 0 saturated carbocycles. The summed E-state index contributed by atoms with van der Waals surface area (Å²) >= 11 is 0. The fourth-order valence-corrected chi connectivity index (χ4v) is 3.83. The van der Waals surface area contributed by atoms with Crippen molar-refractivity contribution in [3.63, 3.8) is 0 Å². The van der Waals surface area contributed by atoms with Crippen LogP contribution < -0.4 is 15.4 Å². The summed E-state index contributed by atoms with van der Waals surface area (Å²) in [5.74, 6) is -0.0769. The molecular weight excluding hydrogens is 440 g/mol. The molecule has 1 aromatic rings. The highest BCUT2D eigenvalue weighted by Crippen LogP contribution is 2.27. The molecule has 10 heteroatoms. The zero-order valence-electron chi connectivity index (χ0n) is 21.2. The van der Waals surface area contributed by atoms with Crippen molar-refractivity contribution in [2.45, 2.75) is 45.9 Å². The van der Waals surface area contributed by atoms with Gasteiger partial charge in [-0.15, -0.1) is 0 Å². The quantitative estimate of drug-likeness (QED) is 0.672. The van der Waals surface area contributed by atoms with Crippen LogP contribution in [0.5, 0.6) is 5.75 Å². The first-order valence-corrected chi connectivity index (χ1v) is 11.5. The fourth-order valence-electron chi connectivity index (χ4n) is 3.83. The summed E-state index contributed by atoms with van der Waals surface area (Å²) in [5.41, 5.74) is 0.852. The zero-order valence-corrected chi connectivity index (χ0v) is 21.2. The van der Waals surface area contributed by atoms with Crippen LogP contribution >= 0.6 is 0 Å². The molecule has 1 aliphatic heterocycles. The van der Waals surface area contributed by atoms with Gasteiger partial charge in [0.1, 0.15) is 19.0 Å². The van der Waals surface area contributed by atoms with Crippen LogP contribution in [0.2, 0.25) is 0 Å². The summed E-state index contributed by atoms with van der Waals surface area (Å²) in [7, 11) is 4.79. The van der Waals surface area contributed by atoms with Crippen LogP contribution in [0.25, 0.3) is 0 Å². The lowest BCUT2D eigenvalue weighted by molar-refractivity contribution is -0.139. The highest BCUT2D eigenvalue weighted by molar-refractivity contribution is 5.98. The molecule has 0 saturated heterocycles. The van der Waals surface area contributed by atoms with Gasteiger partial charge in [-0.1, -0.05) is 6.92 Å². The predicted molar refractivity (Wildman–Crippen MR) is 129 cm³/mol. The average molecular weight is 479 g/mol. The van der Waals surface area contributed by atoms with Gasteiger partial charge in [0.2, 0.25) is 5.91 Å². The van der Waals surface area contributed by atoms with Crippen LogP contribution in [0.1, 0.15) is 38.1 Å². The second-order valence-electron chi connectivity index (χ2n) is 9.04. The summed E-state index contributed by atoms with van der Waals surface area (Å²) in [6.07, 6.45) is -0.275. The number of nitrogens with one attached hydrogen (secondary N) is 2. The van der Waals surface area contributed by atoms with E-state index in [2.05, 4.69) is 10.6 Å². The Hall–Kier alpha value is -2.85. The van der Waals surface area contributed by atoms with Crippen molar-refractivity contribution in [2.75, 3.05) is 52.9 Å². The first kappa shape index (κ1) is 27.4. The van der Waals surface area contributed by atoms with Gasteiger partial charge >= 0.3 is 6.03 Å². The maximum Gasteiger partial charge on any atom is 0.319 e. The lowest BCUT2D eigenvalue weighted by Crippen LogP contribution is -2.49. The van der Waals surface area contributed by atoms with E-state index in [1.54, 1.807) is 42.2 Å². The third kappa shape index (κ3) is 7.33. The highest BCUT2D eigenvalue weighted by atomic mass is 16.5. The van der Waals surface area contributed by atoms with Crippen molar-refractivity contribution in [3.05, 3.63) is 23.8 Å². The van der Waals surface area contributed by atoms with Crippen LogP contribution in [-0.2, 0) is 14.3 Å². The van der Waals surface area contributed by atoms with Gasteiger partial charge in [-0.05, 0) is 32.9 Å². The first-order valence-electron chi connectivity index (χ1n) is 11.5. The maximum absolute atomic E-state index is 13.2. The number of methoxy groups -OCH3 is 2. The van der Waals surface area contributed by atoms with Gasteiger partial charge in [0, 0.05) is 58.1 Å². The molecule has 0 aliphatic carbocycles. The van der Waals surface area contributed by atoms with Crippen molar-refractivity contribution in [3.8, 4) is 5.75 Å². The Morgan fingerprint density at radius 2 is 1.91 bits per heavy atom. The molecule has 2 N–H and O–H groups in total. The molecule has 1 heterocycles. The number of amides is 4. The van der Waals surface area contributed by atoms with Crippen molar-refractivity contribution in [2.24, 2.45) is 5.92 Å². The molecule has 0 aromatic heterocycles. The summed E-state index contributed by atoms with van der Waals surface area (Å²) in [6, 6.07) is 4.25. The molecule has 2 rings (SSSR count). The minimum Gasteiger partial charge on any atom is -0.491 e. The van der Waals surface area contributed by atoms with Crippen LogP contribution in [-0.4, -0.2) is 93.4 Å². The number of anilines is 1. The van der Waals surface area contributed by atoms with E-state index in [1.807, 2.05) is 27.7 Å². The number of nitrogens with zero attached hydrogens (tertiary/aromatic N) is 2. The standard InChI is InChI=1S/C24H38N4O6/c1-15(2)25-24(31)26-18-8-9-19-20(10-18)34-13-17(4)28(22(29)14-32-6)11-16(3)21(33-7)12-27(5)23(19)30/h8-10,15-17,21H,11-14H2,1-7H3,(H2,25,26,31)/t16-,17+,21+/m0/s1. The van der Waals surface area contributed by atoms with E-state index in [1.165, 1.54) is 7.11 Å². The van der Waals surface area contributed by atoms with Crippen molar-refractivity contribution < 1.29 is 28.6 Å². The molecule has 1 aromatic carbocycles. The Bertz CT molecular complexity index is 862. The van der Waals surface area contributed by atoms with Gasteiger partial charge < -0.3 is 34.6 Å². The lowest BCUT2D eigenvalue weighted by atomic mass is 10.0. The van der Waals surface area contributed by atoms with E-state index in [4.69, 9.17) is 14.2 Å². The fraction of sp³-hybridized carbons (Fsp3) is 0.625. The second kappa shape index (κ2) is 12.6. The number of hydrogen-bond donors (Lipinski definition) is 2. The molecule has 0 fully saturated rings. The number of ether oxygens (including phenoxy) is 3. The number of carbonyl (C=O) groups is 3. The second-order valence-corrected chi connectivity index (χ2v) is 9.04. The highest BCUT2D eigenvalue weighted by Gasteiger charge is 2.30. The summed E-state index contributed by atoms with van der Waals surface area (Å²) < 4.78 is 16.8. The monoisotopic (exact) mass is 478 g/mol. The summed E-state index contributed by atoms with van der Waals surface area (Å²) in [6.45, 7) is 8.50. The Balaban J connectivity index is 2.41. The van der Waals surface area contributed by atoms with Crippen molar-refractivity contribution in [1.82, 2.24) is 15.1 Å². The molecule has 4 amide bonds. The molecule has 1 aliphatic rings. The van der Waals surface area contributed by atoms with Crippen LogP contribution in [0, 0.1) is 5.92 Å². The van der Waals surface area contributed by atoms with Gasteiger partial charge in [-0.25, -0.2) is 4.79 Å². The van der Waals surface area contributed by atoms with Gasteiger partial charge in [-0.2, -0.15) is 0 Å². The third-order valence-electron chi connectivity index (χ3n) is 5.71. The molecule has 0 bridgehead atoms. The van der Waals surface area contributed by atoms with E-state index < -0.39 is 0 Å². The van der Waals surface area contributed by atoms with Gasteiger partial charge in [0.05, 0.1) is 17.7 Å². The SMILES string of the molecule is COCC(=O)N1C[C@H](C)[C@H](OC)CN(C)C(=O)c2ccc(NC(=O)NC(C)C)cc2OC[C@H]1C. The topological polar surface area (TPSA) is 109 Å². The maximum atomic E-state index is 13.2. The normalized spacial score (nSPS) is 21.8. The van der Waals surface area contributed by atoms with E-state index in [0.717, 1.165) is 0 Å². The minimum atomic E-state index is -0.354. The van der Waals surface area contributed by atoms with Crippen LogP contribution in [0.4, 0.5) is 10.5 Å². The Kier molecular flexibility index (Phi) is 10.1. The van der Waals surface area contributed by atoms with Crippen molar-refractivity contribution >= 4 is 23.5 Å². The van der Waals surface area contributed by atoms with E-state index in [-0.39, 0.29) is 55.2 Å².